The Morgan fingerprint density at radius 2 is 1.83 bits per heavy atom. The van der Waals surface area contributed by atoms with Crippen LogP contribution in [0.25, 0.3) is 11.9 Å². The van der Waals surface area contributed by atoms with Gasteiger partial charge in [0.2, 0.25) is 0 Å². The Balaban J connectivity index is 1.53. The highest BCUT2D eigenvalue weighted by molar-refractivity contribution is 9.10. The lowest BCUT2D eigenvalue weighted by Gasteiger charge is -2.19. The van der Waals surface area contributed by atoms with Gasteiger partial charge >= 0.3 is 6.18 Å². The molecule has 0 radical (unpaired) electrons. The zero-order valence-corrected chi connectivity index (χ0v) is 17.8. The molecule has 2 aromatic carbocycles. The summed E-state index contributed by atoms with van der Waals surface area (Å²) in [5.74, 6) is -0.532. The molecule has 0 unspecified atom stereocenters. The third kappa shape index (κ3) is 4.08. The average molecular weight is 479 g/mol. The van der Waals surface area contributed by atoms with Gasteiger partial charge in [0.15, 0.2) is 5.83 Å². The second-order valence-corrected chi connectivity index (χ2v) is 8.57. The molecule has 2 nitrogen and oxygen atoms in total. The standard InChI is InChI=1S/C23H19BrF4N2/c1-15-11-21(29-30(15)14-17-3-2-4-19(24)12-17)20(25)13-16-5-7-18(8-6-16)22(9-10-22)23(26,27)28/h2-8,11-13H,9-10,14H2,1H3/b20-13-. The zero-order chi connectivity index (χ0) is 21.5. The predicted octanol–water partition coefficient (Wildman–Crippen LogP) is 7.06. The van der Waals surface area contributed by atoms with Crippen LogP contribution in [0.3, 0.4) is 0 Å². The van der Waals surface area contributed by atoms with Crippen molar-refractivity contribution in [3.63, 3.8) is 0 Å². The van der Waals surface area contributed by atoms with Crippen LogP contribution >= 0.6 is 15.9 Å². The molecule has 1 saturated carbocycles. The van der Waals surface area contributed by atoms with E-state index in [1.165, 1.54) is 30.3 Å². The summed E-state index contributed by atoms with van der Waals surface area (Å²) < 4.78 is 57.2. The lowest BCUT2D eigenvalue weighted by Crippen LogP contribution is -2.28. The Kier molecular flexibility index (Phi) is 5.34. The molecule has 1 aromatic heterocycles. The lowest BCUT2D eigenvalue weighted by atomic mass is 9.94. The molecular weight excluding hydrogens is 460 g/mol. The van der Waals surface area contributed by atoms with Crippen LogP contribution in [0.5, 0.6) is 0 Å². The van der Waals surface area contributed by atoms with Crippen molar-refractivity contribution in [2.45, 2.75) is 37.9 Å². The number of benzene rings is 2. The first-order valence-corrected chi connectivity index (χ1v) is 10.3. The minimum absolute atomic E-state index is 0.106. The summed E-state index contributed by atoms with van der Waals surface area (Å²) in [6, 6.07) is 15.4. The van der Waals surface area contributed by atoms with Crippen molar-refractivity contribution in [2.24, 2.45) is 0 Å². The topological polar surface area (TPSA) is 17.8 Å². The maximum atomic E-state index is 14.8. The third-order valence-electron chi connectivity index (χ3n) is 5.50. The van der Waals surface area contributed by atoms with Gasteiger partial charge in [-0.1, -0.05) is 52.3 Å². The highest BCUT2D eigenvalue weighted by Gasteiger charge is 2.64. The minimum Gasteiger partial charge on any atom is -0.265 e. The summed E-state index contributed by atoms with van der Waals surface area (Å²) in [6.45, 7) is 2.36. The molecule has 1 aliphatic rings. The molecule has 1 aliphatic carbocycles. The molecule has 1 fully saturated rings. The maximum absolute atomic E-state index is 14.8. The van der Waals surface area contributed by atoms with E-state index >= 15 is 0 Å². The second kappa shape index (κ2) is 7.69. The smallest absolute Gasteiger partial charge is 0.265 e. The van der Waals surface area contributed by atoms with Crippen molar-refractivity contribution in [1.29, 1.82) is 0 Å². The van der Waals surface area contributed by atoms with Crippen LogP contribution in [-0.4, -0.2) is 16.0 Å². The van der Waals surface area contributed by atoms with Gasteiger partial charge in [-0.2, -0.15) is 18.3 Å². The number of aryl methyl sites for hydroxylation is 1. The predicted molar refractivity (Wildman–Crippen MR) is 113 cm³/mol. The molecule has 0 bridgehead atoms. The summed E-state index contributed by atoms with van der Waals surface area (Å²) in [4.78, 5) is 0. The summed E-state index contributed by atoms with van der Waals surface area (Å²) in [5, 5.41) is 4.34. The molecule has 156 valence electrons. The van der Waals surface area contributed by atoms with Crippen molar-refractivity contribution in [2.75, 3.05) is 0 Å². The highest BCUT2D eigenvalue weighted by atomic mass is 79.9. The van der Waals surface area contributed by atoms with E-state index in [9.17, 15) is 17.6 Å². The number of hydrogen-bond donors (Lipinski definition) is 0. The molecule has 4 rings (SSSR count). The van der Waals surface area contributed by atoms with Gasteiger partial charge in [0.25, 0.3) is 0 Å². The number of alkyl halides is 3. The molecular formula is C23H19BrF4N2. The largest absolute Gasteiger partial charge is 0.398 e. The Morgan fingerprint density at radius 3 is 2.43 bits per heavy atom. The fourth-order valence-electron chi connectivity index (χ4n) is 3.57. The van der Waals surface area contributed by atoms with Gasteiger partial charge in [-0.25, -0.2) is 4.39 Å². The van der Waals surface area contributed by atoms with E-state index in [1.54, 1.807) is 10.7 Å². The normalized spacial score (nSPS) is 16.0. The number of rotatable bonds is 5. The van der Waals surface area contributed by atoms with Crippen LogP contribution in [0.15, 0.2) is 59.1 Å². The van der Waals surface area contributed by atoms with E-state index < -0.39 is 17.4 Å². The van der Waals surface area contributed by atoms with Crippen LogP contribution in [0, 0.1) is 6.92 Å². The van der Waals surface area contributed by atoms with Gasteiger partial charge in [0.05, 0.1) is 12.0 Å². The number of hydrogen-bond acceptors (Lipinski definition) is 1. The van der Waals surface area contributed by atoms with Crippen molar-refractivity contribution >= 4 is 27.8 Å². The molecule has 0 aliphatic heterocycles. The summed E-state index contributed by atoms with van der Waals surface area (Å²) in [6.07, 6.45) is -2.75. The summed E-state index contributed by atoms with van der Waals surface area (Å²) >= 11 is 3.43. The van der Waals surface area contributed by atoms with Crippen LogP contribution in [0.1, 0.15) is 40.9 Å². The van der Waals surface area contributed by atoms with Crippen LogP contribution < -0.4 is 0 Å². The van der Waals surface area contributed by atoms with Crippen molar-refractivity contribution < 1.29 is 17.6 Å². The number of aromatic nitrogens is 2. The van der Waals surface area contributed by atoms with E-state index in [-0.39, 0.29) is 24.1 Å². The van der Waals surface area contributed by atoms with Crippen molar-refractivity contribution in [1.82, 2.24) is 9.78 Å². The molecule has 0 amide bonds. The van der Waals surface area contributed by atoms with E-state index in [2.05, 4.69) is 21.0 Å². The second-order valence-electron chi connectivity index (χ2n) is 7.65. The quantitative estimate of drug-likeness (QED) is 0.358. The Labute approximate surface area is 180 Å². The SMILES string of the molecule is Cc1cc(/C(F)=C/c2ccc(C3(C(F)(F)F)CC3)cc2)nn1Cc1cccc(Br)c1. The monoisotopic (exact) mass is 478 g/mol. The van der Waals surface area contributed by atoms with Gasteiger partial charge in [-0.3, -0.25) is 4.68 Å². The molecule has 7 heteroatoms. The Bertz CT molecular complexity index is 1090. The maximum Gasteiger partial charge on any atom is 0.398 e. The number of nitrogens with zero attached hydrogens (tertiary/aromatic N) is 2. The van der Waals surface area contributed by atoms with E-state index in [4.69, 9.17) is 0 Å². The summed E-state index contributed by atoms with van der Waals surface area (Å²) in [7, 11) is 0. The van der Waals surface area contributed by atoms with Gasteiger partial charge in [0, 0.05) is 10.2 Å². The first-order chi connectivity index (χ1) is 14.2. The van der Waals surface area contributed by atoms with E-state index in [0.717, 1.165) is 15.7 Å². The van der Waals surface area contributed by atoms with Crippen molar-refractivity contribution in [3.8, 4) is 0 Å². The molecule has 0 saturated heterocycles. The fourth-order valence-corrected chi connectivity index (χ4v) is 4.02. The molecule has 0 N–H and O–H groups in total. The Hall–Kier alpha value is -2.41. The highest BCUT2D eigenvalue weighted by Crippen LogP contribution is 2.58. The first kappa shape index (κ1) is 20.8. The van der Waals surface area contributed by atoms with E-state index in [0.29, 0.717) is 12.1 Å². The first-order valence-electron chi connectivity index (χ1n) is 9.52. The number of halogens is 5. The van der Waals surface area contributed by atoms with E-state index in [1.807, 2.05) is 31.2 Å². The zero-order valence-electron chi connectivity index (χ0n) is 16.2. The molecule has 1 heterocycles. The van der Waals surface area contributed by atoms with Crippen LogP contribution in [0.4, 0.5) is 17.6 Å². The Morgan fingerprint density at radius 1 is 1.13 bits per heavy atom. The van der Waals surface area contributed by atoms with Crippen LogP contribution in [-0.2, 0) is 12.0 Å². The molecule has 0 spiro atoms. The molecule has 30 heavy (non-hydrogen) atoms. The van der Waals surface area contributed by atoms with Gasteiger partial charge in [-0.05, 0) is 60.7 Å². The minimum atomic E-state index is -4.26. The van der Waals surface area contributed by atoms with Gasteiger partial charge in [0.1, 0.15) is 5.69 Å². The summed E-state index contributed by atoms with van der Waals surface area (Å²) in [5.41, 5.74) is 1.04. The lowest BCUT2D eigenvalue weighted by molar-refractivity contribution is -0.160. The third-order valence-corrected chi connectivity index (χ3v) is 5.99. The van der Waals surface area contributed by atoms with Crippen LogP contribution in [0.2, 0.25) is 0 Å². The molecule has 3 aromatic rings. The van der Waals surface area contributed by atoms with Gasteiger partial charge < -0.3 is 0 Å². The van der Waals surface area contributed by atoms with Gasteiger partial charge in [-0.15, -0.1) is 0 Å². The average Bonchev–Trinajstić information content (AvgIpc) is 3.42. The molecule has 0 atom stereocenters. The van der Waals surface area contributed by atoms with Crippen molar-refractivity contribution in [3.05, 3.63) is 87.1 Å². The fraction of sp³-hybridized carbons (Fsp3) is 0.261.